The zero-order valence-electron chi connectivity index (χ0n) is 14.7. The number of aromatic nitrogens is 3. The first-order chi connectivity index (χ1) is 12.7. The first kappa shape index (κ1) is 17.5. The zero-order chi connectivity index (χ0) is 18.4. The van der Waals surface area contributed by atoms with E-state index in [2.05, 4.69) is 15.6 Å². The van der Waals surface area contributed by atoms with Crippen LogP contribution in [-0.2, 0) is 6.54 Å². The van der Waals surface area contributed by atoms with E-state index < -0.39 is 0 Å². The molecule has 0 saturated carbocycles. The maximum absolute atomic E-state index is 12.5. The minimum Gasteiger partial charge on any atom is -0.494 e. The number of carbonyl (C=O) groups is 1. The summed E-state index contributed by atoms with van der Waals surface area (Å²) in [6.07, 6.45) is 0. The first-order valence-electron chi connectivity index (χ1n) is 8.27. The number of methoxy groups -OCH3 is 1. The van der Waals surface area contributed by atoms with E-state index in [4.69, 9.17) is 9.47 Å². The van der Waals surface area contributed by atoms with Gasteiger partial charge < -0.3 is 14.8 Å². The van der Waals surface area contributed by atoms with Gasteiger partial charge in [-0.3, -0.25) is 4.79 Å². The molecule has 1 N–H and O–H groups in total. The second-order valence-electron chi connectivity index (χ2n) is 5.50. The number of rotatable bonds is 7. The molecule has 3 aromatic rings. The fourth-order valence-corrected chi connectivity index (χ4v) is 2.50. The van der Waals surface area contributed by atoms with Crippen LogP contribution in [0.2, 0.25) is 0 Å². The van der Waals surface area contributed by atoms with Gasteiger partial charge in [-0.1, -0.05) is 35.5 Å². The summed E-state index contributed by atoms with van der Waals surface area (Å²) in [6, 6.07) is 16.9. The Labute approximate surface area is 151 Å². The molecule has 0 bridgehead atoms. The molecule has 26 heavy (non-hydrogen) atoms. The number of hydrogen-bond acceptors (Lipinski definition) is 5. The third-order valence-electron chi connectivity index (χ3n) is 3.70. The molecule has 1 aromatic heterocycles. The molecule has 0 unspecified atom stereocenters. The molecule has 0 fully saturated rings. The highest BCUT2D eigenvalue weighted by Crippen LogP contribution is 2.20. The van der Waals surface area contributed by atoms with Crippen molar-refractivity contribution < 1.29 is 14.3 Å². The van der Waals surface area contributed by atoms with Gasteiger partial charge in [0, 0.05) is 5.69 Å². The molecule has 0 aliphatic rings. The van der Waals surface area contributed by atoms with Crippen molar-refractivity contribution in [2.75, 3.05) is 19.0 Å². The summed E-state index contributed by atoms with van der Waals surface area (Å²) in [6.45, 7) is 2.97. The van der Waals surface area contributed by atoms with Gasteiger partial charge in [-0.05, 0) is 36.8 Å². The number of amides is 1. The molecule has 7 nitrogen and oxygen atoms in total. The van der Waals surface area contributed by atoms with E-state index in [-0.39, 0.29) is 11.6 Å². The van der Waals surface area contributed by atoms with E-state index in [1.807, 2.05) is 37.3 Å². The minimum absolute atomic E-state index is 0.136. The van der Waals surface area contributed by atoms with E-state index >= 15 is 0 Å². The fourth-order valence-electron chi connectivity index (χ4n) is 2.50. The van der Waals surface area contributed by atoms with Crippen molar-refractivity contribution in [3.05, 3.63) is 65.9 Å². The summed E-state index contributed by atoms with van der Waals surface area (Å²) in [5.41, 5.74) is 1.81. The Morgan fingerprint density at radius 2 is 1.85 bits per heavy atom. The third-order valence-corrected chi connectivity index (χ3v) is 3.70. The predicted molar refractivity (Wildman–Crippen MR) is 97.7 cm³/mol. The summed E-state index contributed by atoms with van der Waals surface area (Å²) in [4.78, 5) is 12.5. The number of nitrogens with one attached hydrogen (secondary N) is 1. The molecule has 0 radical (unpaired) electrons. The molecule has 7 heteroatoms. The number of benzene rings is 2. The molecule has 1 heterocycles. The van der Waals surface area contributed by atoms with Gasteiger partial charge in [0.2, 0.25) is 11.6 Å². The van der Waals surface area contributed by atoms with Gasteiger partial charge in [-0.2, -0.15) is 0 Å². The monoisotopic (exact) mass is 352 g/mol. The highest BCUT2D eigenvalue weighted by molar-refractivity contribution is 6.04. The maximum atomic E-state index is 12.5. The van der Waals surface area contributed by atoms with Gasteiger partial charge in [0.1, 0.15) is 5.75 Å². The Kier molecular flexibility index (Phi) is 5.48. The molecule has 0 atom stereocenters. The normalized spacial score (nSPS) is 10.4. The Balaban J connectivity index is 1.75. The van der Waals surface area contributed by atoms with Crippen LogP contribution < -0.4 is 14.8 Å². The van der Waals surface area contributed by atoms with Gasteiger partial charge in [-0.25, -0.2) is 4.68 Å². The van der Waals surface area contributed by atoms with Crippen LogP contribution in [0.25, 0.3) is 0 Å². The molecule has 0 aliphatic heterocycles. The topological polar surface area (TPSA) is 78.3 Å². The van der Waals surface area contributed by atoms with Crippen LogP contribution in [0.1, 0.15) is 23.0 Å². The molecular formula is C19H20N4O3. The lowest BCUT2D eigenvalue weighted by Gasteiger charge is -2.08. The number of ether oxygens (including phenoxy) is 2. The quantitative estimate of drug-likeness (QED) is 0.707. The lowest BCUT2D eigenvalue weighted by atomic mass is 10.2. The molecular weight excluding hydrogens is 332 g/mol. The largest absolute Gasteiger partial charge is 0.494 e. The molecule has 134 valence electrons. The van der Waals surface area contributed by atoms with Crippen molar-refractivity contribution in [1.82, 2.24) is 15.0 Å². The van der Waals surface area contributed by atoms with E-state index in [1.165, 1.54) is 7.11 Å². The number of hydrogen-bond donors (Lipinski definition) is 1. The van der Waals surface area contributed by atoms with Gasteiger partial charge in [0.25, 0.3) is 5.91 Å². The molecule has 3 rings (SSSR count). The van der Waals surface area contributed by atoms with Gasteiger partial charge in [0.05, 0.1) is 20.3 Å². The molecule has 0 spiro atoms. The number of carbonyl (C=O) groups excluding carboxylic acids is 1. The Hall–Kier alpha value is -3.35. The van der Waals surface area contributed by atoms with E-state index in [0.717, 1.165) is 11.3 Å². The highest BCUT2D eigenvalue weighted by atomic mass is 16.5. The summed E-state index contributed by atoms with van der Waals surface area (Å²) in [5, 5.41) is 10.8. The van der Waals surface area contributed by atoms with Gasteiger partial charge in [0.15, 0.2) is 0 Å². The number of anilines is 1. The van der Waals surface area contributed by atoms with Crippen molar-refractivity contribution in [1.29, 1.82) is 0 Å². The van der Waals surface area contributed by atoms with Crippen LogP contribution in [0.3, 0.4) is 0 Å². The maximum Gasteiger partial charge on any atom is 0.281 e. The molecule has 0 aliphatic carbocycles. The molecule has 1 amide bonds. The average molecular weight is 352 g/mol. The standard InChI is InChI=1S/C19H20N4O3/c1-3-26-16-11-9-15(10-12-16)20-18(24)17-19(25-2)23(22-21-17)13-14-7-5-4-6-8-14/h4-12H,3,13H2,1-2H3,(H,20,24). The minimum atomic E-state index is -0.384. The van der Waals surface area contributed by atoms with Crippen molar-refractivity contribution in [3.63, 3.8) is 0 Å². The SMILES string of the molecule is CCOc1ccc(NC(=O)c2nnn(Cc3ccccc3)c2OC)cc1. The lowest BCUT2D eigenvalue weighted by Crippen LogP contribution is -2.14. The average Bonchev–Trinajstić information content (AvgIpc) is 3.07. The first-order valence-corrected chi connectivity index (χ1v) is 8.27. The Morgan fingerprint density at radius 1 is 1.12 bits per heavy atom. The second kappa shape index (κ2) is 8.15. The summed E-state index contributed by atoms with van der Waals surface area (Å²) < 4.78 is 12.3. The van der Waals surface area contributed by atoms with Gasteiger partial charge >= 0.3 is 0 Å². The van der Waals surface area contributed by atoms with E-state index in [9.17, 15) is 4.79 Å². The lowest BCUT2D eigenvalue weighted by molar-refractivity contribution is 0.101. The smallest absolute Gasteiger partial charge is 0.281 e. The van der Waals surface area contributed by atoms with Gasteiger partial charge in [-0.15, -0.1) is 5.10 Å². The number of nitrogens with zero attached hydrogens (tertiary/aromatic N) is 3. The van der Waals surface area contributed by atoms with Crippen molar-refractivity contribution in [3.8, 4) is 11.6 Å². The predicted octanol–water partition coefficient (Wildman–Crippen LogP) is 2.99. The highest BCUT2D eigenvalue weighted by Gasteiger charge is 2.21. The second-order valence-corrected chi connectivity index (χ2v) is 5.50. The fraction of sp³-hybridized carbons (Fsp3) is 0.211. The third kappa shape index (κ3) is 4.00. The van der Waals surface area contributed by atoms with Crippen LogP contribution in [0.5, 0.6) is 11.6 Å². The van der Waals surface area contributed by atoms with Crippen LogP contribution in [0.4, 0.5) is 5.69 Å². The van der Waals surface area contributed by atoms with Crippen LogP contribution in [0, 0.1) is 0 Å². The molecule has 2 aromatic carbocycles. The van der Waals surface area contributed by atoms with Crippen LogP contribution in [-0.4, -0.2) is 34.6 Å². The Bertz CT molecular complexity index is 860. The van der Waals surface area contributed by atoms with Crippen molar-refractivity contribution in [2.24, 2.45) is 0 Å². The zero-order valence-corrected chi connectivity index (χ0v) is 14.7. The molecule has 0 saturated heterocycles. The van der Waals surface area contributed by atoms with Crippen molar-refractivity contribution >= 4 is 11.6 Å². The summed E-state index contributed by atoms with van der Waals surface area (Å²) >= 11 is 0. The van der Waals surface area contributed by atoms with Crippen LogP contribution in [0.15, 0.2) is 54.6 Å². The van der Waals surface area contributed by atoms with E-state index in [1.54, 1.807) is 28.9 Å². The Morgan fingerprint density at radius 3 is 2.50 bits per heavy atom. The summed E-state index contributed by atoms with van der Waals surface area (Å²) in [5.74, 6) is 0.680. The van der Waals surface area contributed by atoms with Crippen LogP contribution >= 0.6 is 0 Å². The van der Waals surface area contributed by atoms with Crippen molar-refractivity contribution in [2.45, 2.75) is 13.5 Å². The summed E-state index contributed by atoms with van der Waals surface area (Å²) in [7, 11) is 1.49. The van der Waals surface area contributed by atoms with E-state index in [0.29, 0.717) is 24.7 Å².